The Hall–Kier alpha value is -0.940. The van der Waals surface area contributed by atoms with Crippen LogP contribution in [0.3, 0.4) is 0 Å². The van der Waals surface area contributed by atoms with Crippen LogP contribution in [0.5, 0.6) is 0 Å². The van der Waals surface area contributed by atoms with Crippen molar-refractivity contribution >= 4 is 0 Å². The van der Waals surface area contributed by atoms with Gasteiger partial charge in [-0.15, -0.1) is 0 Å². The Morgan fingerprint density at radius 1 is 1.82 bits per heavy atom. The van der Waals surface area contributed by atoms with Crippen molar-refractivity contribution in [3.63, 3.8) is 0 Å². The molecular formula is C6H12N4O. The van der Waals surface area contributed by atoms with Gasteiger partial charge in [-0.2, -0.15) is 5.10 Å². The van der Waals surface area contributed by atoms with E-state index in [9.17, 15) is 0 Å². The summed E-state index contributed by atoms with van der Waals surface area (Å²) in [6.45, 7) is 0.583. The first-order chi connectivity index (χ1) is 5.38. The van der Waals surface area contributed by atoms with Gasteiger partial charge in [0, 0.05) is 7.11 Å². The minimum absolute atomic E-state index is 0.0532. The van der Waals surface area contributed by atoms with Crippen molar-refractivity contribution in [3.05, 3.63) is 12.2 Å². The highest BCUT2D eigenvalue weighted by Crippen LogP contribution is 2.13. The summed E-state index contributed by atoms with van der Waals surface area (Å²) in [5.41, 5.74) is 5.37. The predicted molar refractivity (Wildman–Crippen MR) is 39.8 cm³/mol. The lowest BCUT2D eigenvalue weighted by Crippen LogP contribution is -2.10. The fraction of sp³-hybridized carbons (Fsp3) is 0.667. The second kappa shape index (κ2) is 4.05. The number of aromatic nitrogens is 3. The van der Waals surface area contributed by atoms with E-state index < -0.39 is 0 Å². The van der Waals surface area contributed by atoms with Crippen LogP contribution < -0.4 is 5.73 Å². The number of H-pyrrole nitrogens is 1. The van der Waals surface area contributed by atoms with E-state index in [1.807, 2.05) is 0 Å². The molecule has 0 aliphatic carbocycles. The molecule has 0 amide bonds. The molecule has 1 atom stereocenters. The van der Waals surface area contributed by atoms with Gasteiger partial charge in [-0.05, 0) is 13.0 Å². The first-order valence-corrected chi connectivity index (χ1v) is 3.46. The van der Waals surface area contributed by atoms with Crippen LogP contribution in [-0.4, -0.2) is 28.8 Å². The third-order valence-electron chi connectivity index (χ3n) is 1.45. The zero-order valence-electron chi connectivity index (χ0n) is 6.45. The highest BCUT2D eigenvalue weighted by molar-refractivity contribution is 4.86. The van der Waals surface area contributed by atoms with Gasteiger partial charge < -0.3 is 10.5 Å². The van der Waals surface area contributed by atoms with Crippen LogP contribution >= 0.6 is 0 Å². The van der Waals surface area contributed by atoms with E-state index in [-0.39, 0.29) is 6.10 Å². The lowest BCUT2D eigenvalue weighted by Gasteiger charge is -2.09. The van der Waals surface area contributed by atoms with Crippen LogP contribution in [-0.2, 0) is 4.74 Å². The second-order valence-electron chi connectivity index (χ2n) is 2.17. The van der Waals surface area contributed by atoms with E-state index in [4.69, 9.17) is 10.5 Å². The SMILES string of the molecule is COC(CCN)c1ncn[nH]1. The normalized spacial score (nSPS) is 13.3. The minimum atomic E-state index is -0.0532. The van der Waals surface area contributed by atoms with Gasteiger partial charge in [0.05, 0.1) is 0 Å². The molecule has 0 spiro atoms. The van der Waals surface area contributed by atoms with E-state index in [0.29, 0.717) is 6.54 Å². The monoisotopic (exact) mass is 156 g/mol. The van der Waals surface area contributed by atoms with Crippen molar-refractivity contribution in [2.24, 2.45) is 5.73 Å². The highest BCUT2D eigenvalue weighted by Gasteiger charge is 2.11. The lowest BCUT2D eigenvalue weighted by molar-refractivity contribution is 0.0907. The van der Waals surface area contributed by atoms with Crippen molar-refractivity contribution in [2.45, 2.75) is 12.5 Å². The average molecular weight is 156 g/mol. The minimum Gasteiger partial charge on any atom is -0.373 e. The van der Waals surface area contributed by atoms with E-state index in [0.717, 1.165) is 12.2 Å². The van der Waals surface area contributed by atoms with Gasteiger partial charge >= 0.3 is 0 Å². The molecule has 11 heavy (non-hydrogen) atoms. The largest absolute Gasteiger partial charge is 0.373 e. The summed E-state index contributed by atoms with van der Waals surface area (Å²) in [4.78, 5) is 3.96. The highest BCUT2D eigenvalue weighted by atomic mass is 16.5. The molecule has 0 saturated heterocycles. The average Bonchev–Trinajstić information content (AvgIpc) is 2.52. The smallest absolute Gasteiger partial charge is 0.153 e. The summed E-state index contributed by atoms with van der Waals surface area (Å²) in [5.74, 6) is 0.734. The Balaban J connectivity index is 2.56. The maximum atomic E-state index is 5.37. The Morgan fingerprint density at radius 3 is 3.09 bits per heavy atom. The van der Waals surface area contributed by atoms with Crippen molar-refractivity contribution in [3.8, 4) is 0 Å². The molecule has 0 saturated carbocycles. The zero-order chi connectivity index (χ0) is 8.10. The van der Waals surface area contributed by atoms with Crippen LogP contribution in [0.25, 0.3) is 0 Å². The number of hydrogen-bond donors (Lipinski definition) is 2. The molecule has 1 aromatic rings. The number of ether oxygens (including phenoxy) is 1. The van der Waals surface area contributed by atoms with Crippen LogP contribution in [0.15, 0.2) is 6.33 Å². The molecule has 1 rings (SSSR count). The number of hydrogen-bond acceptors (Lipinski definition) is 4. The van der Waals surface area contributed by atoms with Gasteiger partial charge in [-0.1, -0.05) is 0 Å². The Labute approximate surface area is 65.0 Å². The molecule has 0 radical (unpaired) electrons. The van der Waals surface area contributed by atoms with Gasteiger partial charge in [0.25, 0.3) is 0 Å². The zero-order valence-corrected chi connectivity index (χ0v) is 6.45. The number of aromatic amines is 1. The fourth-order valence-corrected chi connectivity index (χ4v) is 0.888. The van der Waals surface area contributed by atoms with Gasteiger partial charge in [0.2, 0.25) is 0 Å². The van der Waals surface area contributed by atoms with Crippen LogP contribution in [0.1, 0.15) is 18.3 Å². The Morgan fingerprint density at radius 2 is 2.64 bits per heavy atom. The molecule has 0 aliphatic rings. The second-order valence-corrected chi connectivity index (χ2v) is 2.17. The first kappa shape index (κ1) is 8.16. The Bertz CT molecular complexity index is 186. The quantitative estimate of drug-likeness (QED) is 0.635. The summed E-state index contributed by atoms with van der Waals surface area (Å²) in [5, 5.41) is 6.45. The lowest BCUT2D eigenvalue weighted by atomic mass is 10.2. The van der Waals surface area contributed by atoms with Gasteiger partial charge in [-0.3, -0.25) is 5.10 Å². The maximum absolute atomic E-state index is 5.37. The first-order valence-electron chi connectivity index (χ1n) is 3.46. The maximum Gasteiger partial charge on any atom is 0.153 e. The van der Waals surface area contributed by atoms with Crippen molar-refractivity contribution in [1.29, 1.82) is 0 Å². The molecule has 3 N–H and O–H groups in total. The molecule has 0 aliphatic heterocycles. The number of nitrogens with zero attached hydrogens (tertiary/aromatic N) is 2. The summed E-state index contributed by atoms with van der Waals surface area (Å²) in [7, 11) is 1.63. The van der Waals surface area contributed by atoms with Crippen molar-refractivity contribution in [1.82, 2.24) is 15.2 Å². The number of rotatable bonds is 4. The van der Waals surface area contributed by atoms with Crippen LogP contribution in [0.2, 0.25) is 0 Å². The summed E-state index contributed by atoms with van der Waals surface area (Å²) >= 11 is 0. The van der Waals surface area contributed by atoms with Gasteiger partial charge in [0.1, 0.15) is 12.4 Å². The van der Waals surface area contributed by atoms with Crippen LogP contribution in [0, 0.1) is 0 Å². The Kier molecular flexibility index (Phi) is 3.00. The summed E-state index contributed by atoms with van der Waals surface area (Å²) < 4.78 is 5.12. The van der Waals surface area contributed by atoms with Crippen LogP contribution in [0.4, 0.5) is 0 Å². The van der Waals surface area contributed by atoms with Crippen molar-refractivity contribution < 1.29 is 4.74 Å². The molecule has 1 unspecified atom stereocenters. The molecular weight excluding hydrogens is 144 g/mol. The molecule has 0 aromatic carbocycles. The summed E-state index contributed by atoms with van der Waals surface area (Å²) in [6.07, 6.45) is 2.16. The van der Waals surface area contributed by atoms with Crippen molar-refractivity contribution in [2.75, 3.05) is 13.7 Å². The third-order valence-corrected chi connectivity index (χ3v) is 1.45. The molecule has 1 heterocycles. The van der Waals surface area contributed by atoms with Gasteiger partial charge in [0.15, 0.2) is 5.82 Å². The van der Waals surface area contributed by atoms with E-state index in [1.54, 1.807) is 7.11 Å². The molecule has 5 nitrogen and oxygen atoms in total. The molecule has 1 aromatic heterocycles. The fourth-order valence-electron chi connectivity index (χ4n) is 0.888. The molecule has 0 bridgehead atoms. The van der Waals surface area contributed by atoms with E-state index in [1.165, 1.54) is 6.33 Å². The molecule has 5 heteroatoms. The number of methoxy groups -OCH3 is 1. The molecule has 0 fully saturated rings. The number of nitrogens with one attached hydrogen (secondary N) is 1. The standard InChI is InChI=1S/C6H12N4O/c1-11-5(2-3-7)6-8-4-9-10-6/h4-5H,2-3,7H2,1H3,(H,8,9,10). The summed E-state index contributed by atoms with van der Waals surface area (Å²) in [6, 6.07) is 0. The topological polar surface area (TPSA) is 76.8 Å². The molecule has 62 valence electrons. The van der Waals surface area contributed by atoms with E-state index in [2.05, 4.69) is 15.2 Å². The predicted octanol–water partition coefficient (Wildman–Crippen LogP) is -0.159. The van der Waals surface area contributed by atoms with E-state index >= 15 is 0 Å². The third kappa shape index (κ3) is 1.99. The van der Waals surface area contributed by atoms with Gasteiger partial charge in [-0.25, -0.2) is 4.98 Å². The number of nitrogens with two attached hydrogens (primary N) is 1.